The summed E-state index contributed by atoms with van der Waals surface area (Å²) < 4.78 is 28.1. The van der Waals surface area contributed by atoms with Crippen molar-refractivity contribution in [1.82, 2.24) is 5.32 Å². The van der Waals surface area contributed by atoms with E-state index in [4.69, 9.17) is 0 Å². The van der Waals surface area contributed by atoms with E-state index in [-0.39, 0.29) is 17.3 Å². The van der Waals surface area contributed by atoms with Gasteiger partial charge in [-0.15, -0.1) is 0 Å². The van der Waals surface area contributed by atoms with E-state index in [2.05, 4.69) is 22.3 Å². The number of anilines is 2. The van der Waals surface area contributed by atoms with Crippen LogP contribution < -0.4 is 14.5 Å². The zero-order chi connectivity index (χ0) is 24.1. The van der Waals surface area contributed by atoms with Crippen molar-refractivity contribution in [2.75, 3.05) is 28.8 Å². The van der Waals surface area contributed by atoms with Crippen LogP contribution in [0.15, 0.2) is 77.7 Å². The van der Waals surface area contributed by atoms with Crippen LogP contribution in [0.5, 0.6) is 0 Å². The minimum atomic E-state index is -3.91. The molecule has 0 bridgehead atoms. The van der Waals surface area contributed by atoms with Gasteiger partial charge < -0.3 is 10.2 Å². The van der Waals surface area contributed by atoms with Gasteiger partial charge in [-0.1, -0.05) is 36.4 Å². The molecule has 1 amide bonds. The number of hydrogen-bond donors (Lipinski definition) is 1. The van der Waals surface area contributed by atoms with Gasteiger partial charge >= 0.3 is 0 Å². The average Bonchev–Trinajstić information content (AvgIpc) is 3.36. The smallest absolute Gasteiger partial charge is 0.264 e. The third-order valence-electron chi connectivity index (χ3n) is 6.01. The lowest BCUT2D eigenvalue weighted by atomic mass is 10.1. The standard InChI is InChI=1S/C27H31N3O3S/c1-21-16-22(2)18-25(17-21)30(34(32,33)26-8-4-3-5-9-26)20-27(31)28-19-23-10-12-24(13-11-23)29-14-6-7-15-29/h3-5,8-13,16-18H,6-7,14-15,19-20H2,1-2H3,(H,28,31). The third-order valence-corrected chi connectivity index (χ3v) is 7.80. The SMILES string of the molecule is Cc1cc(C)cc(N(CC(=O)NCc2ccc(N3CCCC3)cc2)S(=O)(=O)c2ccccc2)c1. The Morgan fingerprint density at radius 2 is 1.53 bits per heavy atom. The molecule has 0 saturated carbocycles. The van der Waals surface area contributed by atoms with E-state index >= 15 is 0 Å². The van der Waals surface area contributed by atoms with Crippen LogP contribution in [-0.4, -0.2) is 34.0 Å². The average molecular weight is 478 g/mol. The summed E-state index contributed by atoms with van der Waals surface area (Å²) in [5, 5.41) is 2.88. The topological polar surface area (TPSA) is 69.7 Å². The van der Waals surface area contributed by atoms with E-state index in [0.29, 0.717) is 12.2 Å². The number of amides is 1. The number of benzene rings is 3. The Bertz CT molecular complexity index is 1220. The van der Waals surface area contributed by atoms with E-state index in [1.54, 1.807) is 42.5 Å². The first-order valence-corrected chi connectivity index (χ1v) is 13.0. The Hall–Kier alpha value is -3.32. The van der Waals surface area contributed by atoms with Crippen LogP contribution in [0.1, 0.15) is 29.5 Å². The molecule has 0 atom stereocenters. The van der Waals surface area contributed by atoms with Crippen LogP contribution in [0.4, 0.5) is 11.4 Å². The zero-order valence-corrected chi connectivity index (χ0v) is 20.5. The lowest BCUT2D eigenvalue weighted by Gasteiger charge is -2.25. The van der Waals surface area contributed by atoms with Crippen molar-refractivity contribution in [1.29, 1.82) is 0 Å². The van der Waals surface area contributed by atoms with Crippen molar-refractivity contribution in [2.24, 2.45) is 0 Å². The summed E-state index contributed by atoms with van der Waals surface area (Å²) in [5.74, 6) is -0.359. The van der Waals surface area contributed by atoms with Crippen LogP contribution in [0.25, 0.3) is 0 Å². The number of aryl methyl sites for hydroxylation is 2. The number of carbonyl (C=O) groups excluding carboxylic acids is 1. The van der Waals surface area contributed by atoms with Crippen LogP contribution in [-0.2, 0) is 21.4 Å². The monoisotopic (exact) mass is 477 g/mol. The Morgan fingerprint density at radius 1 is 0.912 bits per heavy atom. The lowest BCUT2D eigenvalue weighted by Crippen LogP contribution is -2.40. The van der Waals surface area contributed by atoms with Crippen molar-refractivity contribution in [2.45, 2.75) is 38.1 Å². The maximum absolute atomic E-state index is 13.5. The summed E-state index contributed by atoms with van der Waals surface area (Å²) in [7, 11) is -3.91. The zero-order valence-electron chi connectivity index (χ0n) is 19.7. The molecule has 4 rings (SSSR count). The predicted octanol–water partition coefficient (Wildman–Crippen LogP) is 4.42. The van der Waals surface area contributed by atoms with E-state index in [9.17, 15) is 13.2 Å². The van der Waals surface area contributed by atoms with E-state index in [0.717, 1.165) is 29.8 Å². The molecule has 1 aliphatic rings. The number of carbonyl (C=O) groups is 1. The number of rotatable bonds is 8. The molecule has 34 heavy (non-hydrogen) atoms. The van der Waals surface area contributed by atoms with Gasteiger partial charge in [0.25, 0.3) is 10.0 Å². The first-order chi connectivity index (χ1) is 16.3. The van der Waals surface area contributed by atoms with Gasteiger partial charge in [-0.3, -0.25) is 9.10 Å². The van der Waals surface area contributed by atoms with Crippen molar-refractivity contribution in [3.05, 3.63) is 89.5 Å². The second-order valence-electron chi connectivity index (χ2n) is 8.81. The van der Waals surface area contributed by atoms with Gasteiger partial charge in [0.2, 0.25) is 5.91 Å². The van der Waals surface area contributed by atoms with Crippen LogP contribution in [0.3, 0.4) is 0 Å². The Labute approximate surface area is 202 Å². The summed E-state index contributed by atoms with van der Waals surface area (Å²) >= 11 is 0. The maximum atomic E-state index is 13.5. The summed E-state index contributed by atoms with van der Waals surface area (Å²) in [6.45, 7) is 6.03. The molecule has 1 N–H and O–H groups in total. The molecule has 1 saturated heterocycles. The molecule has 6 nitrogen and oxygen atoms in total. The molecule has 0 unspecified atom stereocenters. The molecule has 3 aromatic rings. The highest BCUT2D eigenvalue weighted by Crippen LogP contribution is 2.26. The van der Waals surface area contributed by atoms with Gasteiger partial charge in [0.05, 0.1) is 10.6 Å². The maximum Gasteiger partial charge on any atom is 0.264 e. The Kier molecular flexibility index (Phi) is 7.22. The van der Waals surface area contributed by atoms with E-state index < -0.39 is 10.0 Å². The summed E-state index contributed by atoms with van der Waals surface area (Å²) in [6, 6.07) is 21.9. The second kappa shape index (κ2) is 10.3. The van der Waals surface area contributed by atoms with Crippen LogP contribution >= 0.6 is 0 Å². The number of hydrogen-bond acceptors (Lipinski definition) is 4. The molecule has 7 heteroatoms. The molecular weight excluding hydrogens is 446 g/mol. The number of nitrogens with one attached hydrogen (secondary N) is 1. The van der Waals surface area contributed by atoms with Gasteiger partial charge in [-0.25, -0.2) is 8.42 Å². The highest BCUT2D eigenvalue weighted by Gasteiger charge is 2.27. The van der Waals surface area contributed by atoms with Gasteiger partial charge in [0.15, 0.2) is 0 Å². The lowest BCUT2D eigenvalue weighted by molar-refractivity contribution is -0.119. The molecular formula is C27H31N3O3S. The van der Waals surface area contributed by atoms with Crippen molar-refractivity contribution in [3.63, 3.8) is 0 Å². The van der Waals surface area contributed by atoms with E-state index in [1.807, 2.05) is 32.0 Å². The molecule has 0 radical (unpaired) electrons. The highest BCUT2D eigenvalue weighted by atomic mass is 32.2. The first-order valence-electron chi connectivity index (χ1n) is 11.6. The summed E-state index contributed by atoms with van der Waals surface area (Å²) in [5.41, 5.74) is 4.51. The third kappa shape index (κ3) is 5.59. The van der Waals surface area contributed by atoms with Crippen molar-refractivity contribution in [3.8, 4) is 0 Å². The first kappa shape index (κ1) is 23.8. The number of sulfonamides is 1. The van der Waals surface area contributed by atoms with E-state index in [1.165, 1.54) is 22.8 Å². The van der Waals surface area contributed by atoms with Gasteiger partial charge in [-0.2, -0.15) is 0 Å². The second-order valence-corrected chi connectivity index (χ2v) is 10.7. The van der Waals surface area contributed by atoms with Gasteiger partial charge in [-0.05, 0) is 79.8 Å². The van der Waals surface area contributed by atoms with Gasteiger partial charge in [0.1, 0.15) is 6.54 Å². The molecule has 0 spiro atoms. The number of nitrogens with zero attached hydrogens (tertiary/aromatic N) is 2. The quantitative estimate of drug-likeness (QED) is 0.522. The minimum absolute atomic E-state index is 0.152. The normalized spacial score (nSPS) is 13.6. The van der Waals surface area contributed by atoms with Gasteiger partial charge in [0, 0.05) is 25.3 Å². The van der Waals surface area contributed by atoms with Crippen LogP contribution in [0.2, 0.25) is 0 Å². The fourth-order valence-corrected chi connectivity index (χ4v) is 5.74. The molecule has 0 aromatic heterocycles. The molecule has 178 valence electrons. The molecule has 1 heterocycles. The minimum Gasteiger partial charge on any atom is -0.372 e. The fourth-order valence-electron chi connectivity index (χ4n) is 4.32. The molecule has 0 aliphatic carbocycles. The summed E-state index contributed by atoms with van der Waals surface area (Å²) in [6.07, 6.45) is 2.45. The Morgan fingerprint density at radius 3 is 2.15 bits per heavy atom. The highest BCUT2D eigenvalue weighted by molar-refractivity contribution is 7.92. The largest absolute Gasteiger partial charge is 0.372 e. The predicted molar refractivity (Wildman–Crippen MR) is 137 cm³/mol. The van der Waals surface area contributed by atoms with Crippen molar-refractivity contribution >= 4 is 27.3 Å². The Balaban J connectivity index is 1.50. The fraction of sp³-hybridized carbons (Fsp3) is 0.296. The molecule has 3 aromatic carbocycles. The molecule has 1 aliphatic heterocycles. The molecule has 1 fully saturated rings. The van der Waals surface area contributed by atoms with Crippen LogP contribution in [0, 0.1) is 13.8 Å². The summed E-state index contributed by atoms with van der Waals surface area (Å²) in [4.78, 5) is 15.4. The van der Waals surface area contributed by atoms with Crippen molar-refractivity contribution < 1.29 is 13.2 Å².